The van der Waals surface area contributed by atoms with E-state index >= 15 is 0 Å². The second-order valence-corrected chi connectivity index (χ2v) is 5.80. The van der Waals surface area contributed by atoms with E-state index in [2.05, 4.69) is 6.92 Å². The third-order valence-electron chi connectivity index (χ3n) is 3.53. The minimum atomic E-state index is -1.14. The van der Waals surface area contributed by atoms with Gasteiger partial charge in [-0.25, -0.2) is 0 Å². The van der Waals surface area contributed by atoms with E-state index in [-0.39, 0.29) is 0 Å². The van der Waals surface area contributed by atoms with Gasteiger partial charge in [0.1, 0.15) is 5.54 Å². The maximum Gasteiger partial charge on any atom is 0.323 e. The van der Waals surface area contributed by atoms with Gasteiger partial charge in [0.15, 0.2) is 0 Å². The van der Waals surface area contributed by atoms with Crippen molar-refractivity contribution >= 4 is 17.6 Å². The Kier molecular flexibility index (Phi) is 5.83. The maximum atomic E-state index is 11.0. The zero-order valence-corrected chi connectivity index (χ0v) is 12.3. The zero-order chi connectivity index (χ0) is 14.5. The number of hydrogen-bond donors (Lipinski definition) is 2. The van der Waals surface area contributed by atoms with E-state index in [1.807, 2.05) is 24.3 Å². The molecule has 2 atom stereocenters. The van der Waals surface area contributed by atoms with Crippen molar-refractivity contribution in [1.82, 2.24) is 0 Å². The number of nitrogens with two attached hydrogens (primary N) is 1. The summed E-state index contributed by atoms with van der Waals surface area (Å²) in [4.78, 5) is 11.0. The molecule has 0 aromatic heterocycles. The fourth-order valence-electron chi connectivity index (χ4n) is 2.16. The van der Waals surface area contributed by atoms with Crippen molar-refractivity contribution in [2.24, 2.45) is 11.7 Å². The highest BCUT2D eigenvalue weighted by Crippen LogP contribution is 2.23. The van der Waals surface area contributed by atoms with E-state index in [1.54, 1.807) is 6.92 Å². The molecule has 0 aliphatic heterocycles. The Bertz CT molecular complexity index is 415. The Morgan fingerprint density at radius 2 is 2.00 bits per heavy atom. The lowest BCUT2D eigenvalue weighted by Gasteiger charge is -2.25. The van der Waals surface area contributed by atoms with Crippen molar-refractivity contribution in [3.05, 3.63) is 34.9 Å². The smallest absolute Gasteiger partial charge is 0.323 e. The first-order chi connectivity index (χ1) is 8.85. The Labute approximate surface area is 119 Å². The molecule has 0 radical (unpaired) electrons. The molecule has 3 N–H and O–H groups in total. The molecule has 2 unspecified atom stereocenters. The number of carbonyl (C=O) groups is 1. The minimum absolute atomic E-state index is 0.321. The van der Waals surface area contributed by atoms with Crippen LogP contribution in [-0.2, 0) is 11.2 Å². The van der Waals surface area contributed by atoms with Gasteiger partial charge in [-0.05, 0) is 49.8 Å². The van der Waals surface area contributed by atoms with E-state index in [9.17, 15) is 4.79 Å². The first kappa shape index (κ1) is 16.0. The molecule has 1 rings (SSSR count). The topological polar surface area (TPSA) is 63.3 Å². The summed E-state index contributed by atoms with van der Waals surface area (Å²) < 4.78 is 0. The van der Waals surface area contributed by atoms with Gasteiger partial charge in [-0.15, -0.1) is 0 Å². The molecule has 4 heteroatoms. The summed E-state index contributed by atoms with van der Waals surface area (Å²) in [6, 6.07) is 7.77. The number of carboxylic acids is 1. The van der Waals surface area contributed by atoms with Crippen molar-refractivity contribution < 1.29 is 9.90 Å². The SMILES string of the molecule is CCC(CCc1ccc(Cl)cc1)CC(C)(N)C(=O)O. The molecule has 0 spiro atoms. The normalized spacial score (nSPS) is 15.8. The molecular formula is C15H22ClNO2. The molecule has 19 heavy (non-hydrogen) atoms. The number of aliphatic carboxylic acids is 1. The summed E-state index contributed by atoms with van der Waals surface area (Å²) in [7, 11) is 0. The van der Waals surface area contributed by atoms with Crippen LogP contribution in [0.25, 0.3) is 0 Å². The number of rotatable bonds is 7. The van der Waals surface area contributed by atoms with Crippen molar-refractivity contribution in [1.29, 1.82) is 0 Å². The number of halogens is 1. The number of carboxylic acid groups (broad SMARTS) is 1. The third kappa shape index (κ3) is 5.21. The monoisotopic (exact) mass is 283 g/mol. The van der Waals surface area contributed by atoms with Crippen LogP contribution >= 0.6 is 11.6 Å². The average molecular weight is 284 g/mol. The molecule has 3 nitrogen and oxygen atoms in total. The molecule has 0 amide bonds. The first-order valence-corrected chi connectivity index (χ1v) is 6.99. The largest absolute Gasteiger partial charge is 0.480 e. The van der Waals surface area contributed by atoms with Crippen LogP contribution in [0, 0.1) is 5.92 Å². The van der Waals surface area contributed by atoms with E-state index < -0.39 is 11.5 Å². The molecule has 106 valence electrons. The van der Waals surface area contributed by atoms with Gasteiger partial charge < -0.3 is 10.8 Å². The summed E-state index contributed by atoms with van der Waals surface area (Å²) in [5.74, 6) is -0.612. The second-order valence-electron chi connectivity index (χ2n) is 5.37. The van der Waals surface area contributed by atoms with Crippen LogP contribution in [0.4, 0.5) is 0 Å². The van der Waals surface area contributed by atoms with Crippen LogP contribution in [0.15, 0.2) is 24.3 Å². The van der Waals surface area contributed by atoms with Crippen LogP contribution in [0.2, 0.25) is 5.02 Å². The van der Waals surface area contributed by atoms with Crippen molar-refractivity contribution in [3.63, 3.8) is 0 Å². The minimum Gasteiger partial charge on any atom is -0.480 e. The molecule has 0 heterocycles. The Balaban J connectivity index is 2.53. The molecule has 0 bridgehead atoms. The van der Waals surface area contributed by atoms with Gasteiger partial charge in [0.25, 0.3) is 0 Å². The number of aryl methyl sites for hydroxylation is 1. The fraction of sp³-hybridized carbons (Fsp3) is 0.533. The Morgan fingerprint density at radius 1 is 1.42 bits per heavy atom. The fourth-order valence-corrected chi connectivity index (χ4v) is 2.29. The van der Waals surface area contributed by atoms with Crippen molar-refractivity contribution in [3.8, 4) is 0 Å². The van der Waals surface area contributed by atoms with Crippen LogP contribution < -0.4 is 5.73 Å². The average Bonchev–Trinajstić information content (AvgIpc) is 2.36. The van der Waals surface area contributed by atoms with E-state index in [4.69, 9.17) is 22.4 Å². The summed E-state index contributed by atoms with van der Waals surface area (Å²) >= 11 is 5.84. The molecule has 0 saturated heterocycles. The van der Waals surface area contributed by atoms with E-state index in [0.717, 1.165) is 24.3 Å². The van der Waals surface area contributed by atoms with Crippen LogP contribution in [0.3, 0.4) is 0 Å². The Hall–Kier alpha value is -1.06. The summed E-state index contributed by atoms with van der Waals surface area (Å²) in [6.07, 6.45) is 3.31. The summed E-state index contributed by atoms with van der Waals surface area (Å²) in [6.45, 7) is 3.66. The highest BCUT2D eigenvalue weighted by atomic mass is 35.5. The van der Waals surface area contributed by atoms with Gasteiger partial charge in [0.2, 0.25) is 0 Å². The van der Waals surface area contributed by atoms with Crippen molar-refractivity contribution in [2.45, 2.75) is 45.1 Å². The zero-order valence-electron chi connectivity index (χ0n) is 11.5. The second kappa shape index (κ2) is 6.92. The van der Waals surface area contributed by atoms with Crippen molar-refractivity contribution in [2.75, 3.05) is 0 Å². The molecule has 1 aromatic rings. The Morgan fingerprint density at radius 3 is 2.47 bits per heavy atom. The van der Waals surface area contributed by atoms with Gasteiger partial charge >= 0.3 is 5.97 Å². The highest BCUT2D eigenvalue weighted by Gasteiger charge is 2.30. The van der Waals surface area contributed by atoms with E-state index in [1.165, 1.54) is 5.56 Å². The van der Waals surface area contributed by atoms with Gasteiger partial charge in [-0.2, -0.15) is 0 Å². The molecule has 0 aliphatic rings. The van der Waals surface area contributed by atoms with Gasteiger partial charge in [-0.1, -0.05) is 37.1 Å². The van der Waals surface area contributed by atoms with Crippen LogP contribution in [-0.4, -0.2) is 16.6 Å². The van der Waals surface area contributed by atoms with Crippen LogP contribution in [0.5, 0.6) is 0 Å². The van der Waals surface area contributed by atoms with E-state index in [0.29, 0.717) is 12.3 Å². The number of hydrogen-bond acceptors (Lipinski definition) is 2. The maximum absolute atomic E-state index is 11.0. The lowest BCUT2D eigenvalue weighted by atomic mass is 9.85. The molecule has 0 fully saturated rings. The third-order valence-corrected chi connectivity index (χ3v) is 3.79. The number of benzene rings is 1. The summed E-state index contributed by atoms with van der Waals surface area (Å²) in [5, 5.41) is 9.79. The quantitative estimate of drug-likeness (QED) is 0.805. The van der Waals surface area contributed by atoms with Gasteiger partial charge in [-0.3, -0.25) is 4.79 Å². The molecule has 0 aliphatic carbocycles. The predicted octanol–water partition coefficient (Wildman–Crippen LogP) is 3.49. The lowest BCUT2D eigenvalue weighted by Crippen LogP contribution is -2.46. The molecule has 0 saturated carbocycles. The standard InChI is InChI=1S/C15H22ClNO2/c1-3-11(10-15(2,17)14(18)19)4-5-12-6-8-13(16)9-7-12/h6-9,11H,3-5,10,17H2,1-2H3,(H,18,19). The summed E-state index contributed by atoms with van der Waals surface area (Å²) in [5.41, 5.74) is 5.89. The lowest BCUT2D eigenvalue weighted by molar-refractivity contribution is -0.143. The van der Waals surface area contributed by atoms with Gasteiger partial charge in [0.05, 0.1) is 0 Å². The molecule has 1 aromatic carbocycles. The predicted molar refractivity (Wildman–Crippen MR) is 78.4 cm³/mol. The molecular weight excluding hydrogens is 262 g/mol. The highest BCUT2D eigenvalue weighted by molar-refractivity contribution is 6.30. The van der Waals surface area contributed by atoms with Crippen LogP contribution in [0.1, 0.15) is 38.7 Å². The van der Waals surface area contributed by atoms with Gasteiger partial charge in [0, 0.05) is 5.02 Å². The first-order valence-electron chi connectivity index (χ1n) is 6.62.